The van der Waals surface area contributed by atoms with E-state index in [-0.39, 0.29) is 12.3 Å². The van der Waals surface area contributed by atoms with Crippen molar-refractivity contribution in [2.45, 2.75) is 6.54 Å². The van der Waals surface area contributed by atoms with Crippen LogP contribution in [0.2, 0.25) is 5.02 Å². The molecule has 0 aliphatic heterocycles. The lowest BCUT2D eigenvalue weighted by Crippen LogP contribution is -1.96. The highest BCUT2D eigenvalue weighted by molar-refractivity contribution is 6.35. The lowest BCUT2D eigenvalue weighted by Gasteiger charge is -2.11. The quantitative estimate of drug-likeness (QED) is 0.356. The molecule has 0 bridgehead atoms. The summed E-state index contributed by atoms with van der Waals surface area (Å²) in [5.41, 5.74) is 11.2. The van der Waals surface area contributed by atoms with E-state index in [1.807, 2.05) is 18.2 Å². The Bertz CT molecular complexity index is 970. The van der Waals surface area contributed by atoms with E-state index in [0.717, 1.165) is 10.9 Å². The molecular weight excluding hydrogens is 331 g/mol. The summed E-state index contributed by atoms with van der Waals surface area (Å²) in [4.78, 5) is 7.41. The highest BCUT2D eigenvalue weighted by Crippen LogP contribution is 2.32. The summed E-state index contributed by atoms with van der Waals surface area (Å²) in [5.74, 6) is -0.347. The topological polar surface area (TPSA) is 70.9 Å². The lowest BCUT2D eigenvalue weighted by molar-refractivity contribution is 0.387. The van der Waals surface area contributed by atoms with Crippen molar-refractivity contribution in [2.75, 3.05) is 7.11 Å². The number of methoxy groups -OCH3 is 1. The number of ether oxygens (including phenoxy) is 1. The molecule has 5 nitrogen and oxygen atoms in total. The van der Waals surface area contributed by atoms with Crippen molar-refractivity contribution in [1.29, 1.82) is 0 Å². The van der Waals surface area contributed by atoms with Crippen molar-refractivity contribution >= 4 is 22.5 Å². The van der Waals surface area contributed by atoms with Gasteiger partial charge in [-0.25, -0.2) is 9.37 Å². The zero-order valence-corrected chi connectivity index (χ0v) is 13.5. The summed E-state index contributed by atoms with van der Waals surface area (Å²) in [6.45, 7) is 0.126. The molecule has 3 aromatic rings. The minimum absolute atomic E-state index is 0.114. The van der Waals surface area contributed by atoms with Gasteiger partial charge >= 0.3 is 0 Å². The van der Waals surface area contributed by atoms with Gasteiger partial charge in [-0.2, -0.15) is 0 Å². The van der Waals surface area contributed by atoms with E-state index >= 15 is 0 Å². The molecule has 120 valence electrons. The highest BCUT2D eigenvalue weighted by atomic mass is 35.5. The van der Waals surface area contributed by atoms with E-state index in [1.54, 1.807) is 18.2 Å². The molecule has 1 heterocycles. The average molecular weight is 343 g/mol. The molecular formula is C17H12ClFN4O. The van der Waals surface area contributed by atoms with Crippen LogP contribution < -0.4 is 4.74 Å². The predicted octanol–water partition coefficient (Wildman–Crippen LogP) is 5.51. The van der Waals surface area contributed by atoms with Crippen LogP contribution in [-0.2, 0) is 6.54 Å². The van der Waals surface area contributed by atoms with Crippen LogP contribution in [0, 0.1) is 5.82 Å². The first-order valence-electron chi connectivity index (χ1n) is 7.07. The van der Waals surface area contributed by atoms with Crippen LogP contribution in [0.3, 0.4) is 0 Å². The molecule has 0 fully saturated rings. The Kier molecular flexibility index (Phi) is 4.51. The van der Waals surface area contributed by atoms with Crippen LogP contribution in [0.5, 0.6) is 5.75 Å². The van der Waals surface area contributed by atoms with Crippen molar-refractivity contribution < 1.29 is 9.13 Å². The van der Waals surface area contributed by atoms with Gasteiger partial charge < -0.3 is 4.74 Å². The van der Waals surface area contributed by atoms with Gasteiger partial charge in [-0.15, -0.1) is 0 Å². The van der Waals surface area contributed by atoms with E-state index in [2.05, 4.69) is 15.0 Å². The Balaban J connectivity index is 2.27. The highest BCUT2D eigenvalue weighted by Gasteiger charge is 2.13. The second kappa shape index (κ2) is 6.74. The maximum absolute atomic E-state index is 13.7. The van der Waals surface area contributed by atoms with E-state index in [1.165, 1.54) is 13.2 Å². The third-order valence-corrected chi connectivity index (χ3v) is 3.91. The zero-order chi connectivity index (χ0) is 17.1. The molecule has 0 atom stereocenters. The van der Waals surface area contributed by atoms with E-state index < -0.39 is 5.82 Å². The number of nitrogens with zero attached hydrogens (tertiary/aromatic N) is 4. The smallest absolute Gasteiger partial charge is 0.165 e. The van der Waals surface area contributed by atoms with E-state index in [9.17, 15) is 4.39 Å². The Morgan fingerprint density at radius 3 is 2.88 bits per heavy atom. The summed E-state index contributed by atoms with van der Waals surface area (Å²) >= 11 is 6.23. The number of rotatable bonds is 4. The molecule has 0 aliphatic carbocycles. The fourth-order valence-electron chi connectivity index (χ4n) is 2.49. The van der Waals surface area contributed by atoms with Crippen LogP contribution in [0.25, 0.3) is 32.6 Å². The minimum atomic E-state index is -0.461. The molecule has 0 saturated heterocycles. The molecule has 24 heavy (non-hydrogen) atoms. The number of halogens is 2. The van der Waals surface area contributed by atoms with Crippen molar-refractivity contribution in [3.63, 3.8) is 0 Å². The van der Waals surface area contributed by atoms with Gasteiger partial charge in [-0.05, 0) is 41.4 Å². The zero-order valence-electron chi connectivity index (χ0n) is 12.7. The first-order valence-corrected chi connectivity index (χ1v) is 7.44. The van der Waals surface area contributed by atoms with Gasteiger partial charge in [0.15, 0.2) is 11.6 Å². The molecule has 3 rings (SSSR count). The Morgan fingerprint density at radius 1 is 1.29 bits per heavy atom. The lowest BCUT2D eigenvalue weighted by atomic mass is 10.0. The summed E-state index contributed by atoms with van der Waals surface area (Å²) in [6.07, 6.45) is 0. The third-order valence-electron chi connectivity index (χ3n) is 3.60. The molecule has 2 aromatic carbocycles. The van der Waals surface area contributed by atoms with Gasteiger partial charge in [0.05, 0.1) is 29.9 Å². The van der Waals surface area contributed by atoms with Crippen LogP contribution >= 0.6 is 11.6 Å². The number of fused-ring (bicyclic) bond motifs is 1. The first-order chi connectivity index (χ1) is 11.6. The largest absolute Gasteiger partial charge is 0.494 e. The number of pyridine rings is 1. The van der Waals surface area contributed by atoms with Gasteiger partial charge in [0.25, 0.3) is 0 Å². The molecule has 0 saturated carbocycles. The first kappa shape index (κ1) is 16.1. The minimum Gasteiger partial charge on any atom is -0.494 e. The monoisotopic (exact) mass is 342 g/mol. The summed E-state index contributed by atoms with van der Waals surface area (Å²) in [5, 5.41) is 4.97. The summed E-state index contributed by atoms with van der Waals surface area (Å²) in [7, 11) is 1.40. The van der Waals surface area contributed by atoms with Crippen LogP contribution in [-0.4, -0.2) is 12.1 Å². The van der Waals surface area contributed by atoms with Crippen LogP contribution in [0.4, 0.5) is 4.39 Å². The standard InChI is InChI=1S/C17H12ClFN4O/c1-24-15-8-11(5-6-14(15)19)16-12(9-21-23-20)7-10-3-2-4-13(18)17(10)22-16/h2-8H,9H2,1H3. The van der Waals surface area contributed by atoms with Crippen LogP contribution in [0.1, 0.15) is 5.56 Å². The maximum atomic E-state index is 13.7. The van der Waals surface area contributed by atoms with Crippen LogP contribution in [0.15, 0.2) is 47.6 Å². The molecule has 7 heteroatoms. The Hall–Kier alpha value is -2.82. The molecule has 0 spiro atoms. The number of benzene rings is 2. The van der Waals surface area contributed by atoms with Crippen molar-refractivity contribution in [1.82, 2.24) is 4.98 Å². The summed E-state index contributed by atoms with van der Waals surface area (Å²) < 4.78 is 18.7. The number of hydrogen-bond donors (Lipinski definition) is 0. The number of hydrogen-bond acceptors (Lipinski definition) is 3. The van der Waals surface area contributed by atoms with Crippen molar-refractivity contribution in [3.05, 3.63) is 69.3 Å². The molecule has 0 amide bonds. The predicted molar refractivity (Wildman–Crippen MR) is 91.5 cm³/mol. The fraction of sp³-hybridized carbons (Fsp3) is 0.118. The number of azide groups is 1. The van der Waals surface area contributed by atoms with E-state index in [0.29, 0.717) is 21.8 Å². The van der Waals surface area contributed by atoms with Crippen molar-refractivity contribution in [3.8, 4) is 17.0 Å². The molecule has 0 N–H and O–H groups in total. The molecule has 0 radical (unpaired) electrons. The number of aromatic nitrogens is 1. The van der Waals surface area contributed by atoms with Gasteiger partial charge in [0, 0.05) is 15.9 Å². The maximum Gasteiger partial charge on any atom is 0.165 e. The van der Waals surface area contributed by atoms with E-state index in [4.69, 9.17) is 21.9 Å². The van der Waals surface area contributed by atoms with Gasteiger partial charge in [-0.3, -0.25) is 0 Å². The average Bonchev–Trinajstić information content (AvgIpc) is 2.60. The Morgan fingerprint density at radius 2 is 2.12 bits per heavy atom. The Labute approximate surface area is 142 Å². The SMILES string of the molecule is COc1cc(-c2nc3c(Cl)cccc3cc2CN=[N+]=[N-])ccc1F. The van der Waals surface area contributed by atoms with Crippen molar-refractivity contribution in [2.24, 2.45) is 5.11 Å². The van der Waals surface area contributed by atoms with Gasteiger partial charge in [0.2, 0.25) is 0 Å². The third kappa shape index (κ3) is 2.97. The summed E-state index contributed by atoms with van der Waals surface area (Å²) in [6, 6.07) is 11.8. The number of para-hydroxylation sites is 1. The van der Waals surface area contributed by atoms with Gasteiger partial charge in [-0.1, -0.05) is 28.8 Å². The second-order valence-corrected chi connectivity index (χ2v) is 5.45. The molecule has 0 unspecified atom stereocenters. The normalized spacial score (nSPS) is 10.5. The fourth-order valence-corrected chi connectivity index (χ4v) is 2.72. The molecule has 1 aromatic heterocycles. The van der Waals surface area contributed by atoms with Gasteiger partial charge in [0.1, 0.15) is 0 Å². The molecule has 0 aliphatic rings. The second-order valence-electron chi connectivity index (χ2n) is 5.05.